The van der Waals surface area contributed by atoms with E-state index in [0.29, 0.717) is 6.54 Å². The molecule has 1 unspecified atom stereocenters. The number of carbonyl (C=O) groups is 1. The SMILES string of the molecule is Cc1ccc2c(c1)CNCC2C(=O)Nc1c(C)cccc1C. The van der Waals surface area contributed by atoms with Crippen LogP contribution in [0.2, 0.25) is 0 Å². The van der Waals surface area contributed by atoms with Crippen LogP contribution in [0.15, 0.2) is 36.4 Å². The van der Waals surface area contributed by atoms with E-state index in [1.165, 1.54) is 11.1 Å². The molecule has 1 amide bonds. The summed E-state index contributed by atoms with van der Waals surface area (Å²) < 4.78 is 0. The first kappa shape index (κ1) is 14.8. The Balaban J connectivity index is 1.88. The van der Waals surface area contributed by atoms with Crippen molar-refractivity contribution in [1.82, 2.24) is 5.32 Å². The zero-order chi connectivity index (χ0) is 15.7. The van der Waals surface area contributed by atoms with Gasteiger partial charge in [-0.3, -0.25) is 4.79 Å². The molecule has 0 saturated heterocycles. The molecule has 0 aliphatic carbocycles. The van der Waals surface area contributed by atoms with Gasteiger partial charge in [-0.1, -0.05) is 42.0 Å². The summed E-state index contributed by atoms with van der Waals surface area (Å²) in [5.74, 6) is -0.0712. The predicted molar refractivity (Wildman–Crippen MR) is 90.2 cm³/mol. The zero-order valence-corrected chi connectivity index (χ0v) is 13.4. The lowest BCUT2D eigenvalue weighted by Crippen LogP contribution is -2.35. The summed E-state index contributed by atoms with van der Waals surface area (Å²) >= 11 is 0. The van der Waals surface area contributed by atoms with Gasteiger partial charge in [-0.2, -0.15) is 0 Å². The normalized spacial score (nSPS) is 17.0. The van der Waals surface area contributed by atoms with Gasteiger partial charge < -0.3 is 10.6 Å². The Bertz CT molecular complexity index is 701. The number of hydrogen-bond acceptors (Lipinski definition) is 2. The van der Waals surface area contributed by atoms with Gasteiger partial charge >= 0.3 is 0 Å². The van der Waals surface area contributed by atoms with E-state index in [-0.39, 0.29) is 11.8 Å². The van der Waals surface area contributed by atoms with Gasteiger partial charge in [0.1, 0.15) is 0 Å². The predicted octanol–water partition coefficient (Wildman–Crippen LogP) is 3.44. The van der Waals surface area contributed by atoms with Crippen LogP contribution >= 0.6 is 0 Å². The van der Waals surface area contributed by atoms with E-state index in [4.69, 9.17) is 0 Å². The number of para-hydroxylation sites is 1. The van der Waals surface area contributed by atoms with Crippen molar-refractivity contribution in [3.8, 4) is 0 Å². The molecular weight excluding hydrogens is 272 g/mol. The first-order valence-corrected chi connectivity index (χ1v) is 7.73. The molecule has 0 fully saturated rings. The first-order chi connectivity index (χ1) is 10.6. The highest BCUT2D eigenvalue weighted by molar-refractivity contribution is 5.97. The molecule has 1 aliphatic rings. The first-order valence-electron chi connectivity index (χ1n) is 7.73. The molecule has 1 heterocycles. The number of benzene rings is 2. The van der Waals surface area contributed by atoms with E-state index in [1.807, 2.05) is 32.0 Å². The largest absolute Gasteiger partial charge is 0.325 e. The molecule has 0 aromatic heterocycles. The second-order valence-electron chi connectivity index (χ2n) is 6.14. The highest BCUT2D eigenvalue weighted by atomic mass is 16.1. The maximum absolute atomic E-state index is 12.8. The Morgan fingerprint density at radius 1 is 1.14 bits per heavy atom. The van der Waals surface area contributed by atoms with Gasteiger partial charge in [-0.05, 0) is 43.0 Å². The summed E-state index contributed by atoms with van der Waals surface area (Å²) in [6.45, 7) is 7.66. The fourth-order valence-corrected chi connectivity index (χ4v) is 3.14. The molecule has 22 heavy (non-hydrogen) atoms. The van der Waals surface area contributed by atoms with Crippen molar-refractivity contribution in [3.63, 3.8) is 0 Å². The average Bonchev–Trinajstić information content (AvgIpc) is 2.50. The number of aryl methyl sites for hydroxylation is 3. The van der Waals surface area contributed by atoms with Crippen molar-refractivity contribution in [2.45, 2.75) is 33.2 Å². The van der Waals surface area contributed by atoms with E-state index in [9.17, 15) is 4.79 Å². The summed E-state index contributed by atoms with van der Waals surface area (Å²) in [6, 6.07) is 12.4. The Kier molecular flexibility index (Phi) is 3.99. The molecule has 3 nitrogen and oxygen atoms in total. The Labute approximate surface area is 131 Å². The fraction of sp³-hybridized carbons (Fsp3) is 0.316. The quantitative estimate of drug-likeness (QED) is 0.891. The van der Waals surface area contributed by atoms with Gasteiger partial charge in [0.15, 0.2) is 0 Å². The van der Waals surface area contributed by atoms with E-state index < -0.39 is 0 Å². The molecule has 0 bridgehead atoms. The number of fused-ring (bicyclic) bond motifs is 1. The van der Waals surface area contributed by atoms with Crippen molar-refractivity contribution in [3.05, 3.63) is 64.2 Å². The Morgan fingerprint density at radius 3 is 2.59 bits per heavy atom. The summed E-state index contributed by atoms with van der Waals surface area (Å²) in [4.78, 5) is 12.8. The number of nitrogens with one attached hydrogen (secondary N) is 2. The minimum absolute atomic E-state index is 0.0645. The molecule has 1 aliphatic heterocycles. The zero-order valence-electron chi connectivity index (χ0n) is 13.4. The third-order valence-electron chi connectivity index (χ3n) is 4.38. The van der Waals surface area contributed by atoms with Gasteiger partial charge in [-0.25, -0.2) is 0 Å². The standard InChI is InChI=1S/C19H22N2O/c1-12-7-8-16-15(9-12)10-20-11-17(16)19(22)21-18-13(2)5-4-6-14(18)3/h4-9,17,20H,10-11H2,1-3H3,(H,21,22). The lowest BCUT2D eigenvalue weighted by Gasteiger charge is -2.26. The Hall–Kier alpha value is -2.13. The number of anilines is 1. The minimum atomic E-state index is -0.136. The number of amides is 1. The van der Waals surface area contributed by atoms with Crippen molar-refractivity contribution in [1.29, 1.82) is 0 Å². The second kappa shape index (κ2) is 5.93. The molecule has 2 aromatic carbocycles. The van der Waals surface area contributed by atoms with Gasteiger partial charge in [0.2, 0.25) is 5.91 Å². The molecule has 114 valence electrons. The van der Waals surface area contributed by atoms with Crippen LogP contribution in [0, 0.1) is 20.8 Å². The van der Waals surface area contributed by atoms with Crippen LogP contribution in [-0.2, 0) is 11.3 Å². The van der Waals surface area contributed by atoms with Crippen LogP contribution in [0.4, 0.5) is 5.69 Å². The second-order valence-corrected chi connectivity index (χ2v) is 6.14. The third-order valence-corrected chi connectivity index (χ3v) is 4.38. The van der Waals surface area contributed by atoms with Gasteiger partial charge in [0.05, 0.1) is 5.92 Å². The monoisotopic (exact) mass is 294 g/mol. The van der Waals surface area contributed by atoms with E-state index in [2.05, 4.69) is 35.8 Å². The maximum atomic E-state index is 12.8. The van der Waals surface area contributed by atoms with E-state index in [0.717, 1.165) is 28.9 Å². The summed E-state index contributed by atoms with van der Waals surface area (Å²) in [7, 11) is 0. The third kappa shape index (κ3) is 2.77. The smallest absolute Gasteiger partial charge is 0.233 e. The molecule has 2 aromatic rings. The van der Waals surface area contributed by atoms with E-state index in [1.54, 1.807) is 0 Å². The van der Waals surface area contributed by atoms with Crippen LogP contribution in [0.5, 0.6) is 0 Å². The molecule has 3 rings (SSSR count). The van der Waals surface area contributed by atoms with E-state index >= 15 is 0 Å². The van der Waals surface area contributed by atoms with Crippen LogP contribution in [0.1, 0.15) is 33.7 Å². The highest BCUT2D eigenvalue weighted by Gasteiger charge is 2.26. The van der Waals surface area contributed by atoms with Gasteiger partial charge in [-0.15, -0.1) is 0 Å². The average molecular weight is 294 g/mol. The van der Waals surface area contributed by atoms with Crippen molar-refractivity contribution in [2.75, 3.05) is 11.9 Å². The van der Waals surface area contributed by atoms with Crippen LogP contribution < -0.4 is 10.6 Å². The van der Waals surface area contributed by atoms with Crippen LogP contribution in [0.25, 0.3) is 0 Å². The van der Waals surface area contributed by atoms with Crippen LogP contribution in [0.3, 0.4) is 0 Å². The summed E-state index contributed by atoms with van der Waals surface area (Å²) in [5, 5.41) is 6.48. The van der Waals surface area contributed by atoms with Crippen molar-refractivity contribution >= 4 is 11.6 Å². The maximum Gasteiger partial charge on any atom is 0.233 e. The van der Waals surface area contributed by atoms with Crippen molar-refractivity contribution in [2.24, 2.45) is 0 Å². The van der Waals surface area contributed by atoms with Gasteiger partial charge in [0, 0.05) is 18.8 Å². The molecule has 0 radical (unpaired) electrons. The number of hydrogen-bond donors (Lipinski definition) is 2. The molecular formula is C19H22N2O. The van der Waals surface area contributed by atoms with Gasteiger partial charge in [0.25, 0.3) is 0 Å². The number of rotatable bonds is 2. The summed E-state index contributed by atoms with van der Waals surface area (Å²) in [6.07, 6.45) is 0. The molecule has 0 spiro atoms. The van der Waals surface area contributed by atoms with Crippen LogP contribution in [-0.4, -0.2) is 12.5 Å². The molecule has 3 heteroatoms. The fourth-order valence-electron chi connectivity index (χ4n) is 3.14. The van der Waals surface area contributed by atoms with Crippen molar-refractivity contribution < 1.29 is 4.79 Å². The minimum Gasteiger partial charge on any atom is -0.325 e. The lowest BCUT2D eigenvalue weighted by molar-refractivity contribution is -0.117. The Morgan fingerprint density at radius 2 is 1.86 bits per heavy atom. The molecule has 0 saturated carbocycles. The molecule has 1 atom stereocenters. The number of carbonyl (C=O) groups excluding carboxylic acids is 1. The molecule has 2 N–H and O–H groups in total. The summed E-state index contributed by atoms with van der Waals surface area (Å²) in [5.41, 5.74) is 6.74. The topological polar surface area (TPSA) is 41.1 Å². The lowest BCUT2D eigenvalue weighted by atomic mass is 9.89. The highest BCUT2D eigenvalue weighted by Crippen LogP contribution is 2.27.